The molecule has 3 aromatic heterocycles. The van der Waals surface area contributed by atoms with Gasteiger partial charge in [-0.3, -0.25) is 9.89 Å². The molecule has 2 N–H and O–H groups in total. The topological polar surface area (TPSA) is 83.8 Å². The number of aromatic amines is 1. The van der Waals surface area contributed by atoms with Crippen molar-refractivity contribution >= 4 is 55.7 Å². The van der Waals surface area contributed by atoms with Gasteiger partial charge < -0.3 is 9.73 Å². The first-order valence-electron chi connectivity index (χ1n) is 11.0. The Bertz CT molecular complexity index is 1700. The number of oxazole rings is 1. The monoisotopic (exact) mass is 498 g/mol. The quantitative estimate of drug-likeness (QED) is 0.262. The van der Waals surface area contributed by atoms with Gasteiger partial charge in [0.2, 0.25) is 11.8 Å². The zero-order valence-electron chi connectivity index (χ0n) is 18.6. The largest absolute Gasteiger partial charge is 0.436 e. The number of carbonyl (C=O) groups excluding carboxylic acids is 1. The Morgan fingerprint density at radius 2 is 1.97 bits per heavy atom. The molecular weight excluding hydrogens is 480 g/mol. The van der Waals surface area contributed by atoms with Crippen molar-refractivity contribution < 1.29 is 9.21 Å². The van der Waals surface area contributed by atoms with Gasteiger partial charge >= 0.3 is 0 Å². The highest BCUT2D eigenvalue weighted by atomic mass is 35.5. The van der Waals surface area contributed by atoms with Crippen molar-refractivity contribution in [2.45, 2.75) is 13.3 Å². The molecule has 0 aliphatic heterocycles. The van der Waals surface area contributed by atoms with Crippen molar-refractivity contribution in [2.75, 3.05) is 5.32 Å². The Hall–Kier alpha value is -3.94. The van der Waals surface area contributed by atoms with Gasteiger partial charge in [0, 0.05) is 27.2 Å². The molecule has 0 spiro atoms. The normalized spacial score (nSPS) is 11.4. The summed E-state index contributed by atoms with van der Waals surface area (Å²) in [7, 11) is 0. The molecule has 0 bridgehead atoms. The third-order valence-electron chi connectivity index (χ3n) is 5.82. The maximum Gasteiger partial charge on any atom is 0.231 e. The fraction of sp³-hybridized carbons (Fsp3) is 0.0741. The van der Waals surface area contributed by atoms with Gasteiger partial charge in [-0.1, -0.05) is 29.8 Å². The van der Waals surface area contributed by atoms with Crippen molar-refractivity contribution in [3.8, 4) is 22.7 Å². The SMILES string of the molecule is Cc1ccc2oc(-c3c[nH]nc3-c3ccc(NC(=O)Cc4csc5ccc(Cl)cc45)cc3)nc2c1. The predicted molar refractivity (Wildman–Crippen MR) is 141 cm³/mol. The molecule has 6 nitrogen and oxygen atoms in total. The van der Waals surface area contributed by atoms with Crippen LogP contribution in [0.4, 0.5) is 5.69 Å². The van der Waals surface area contributed by atoms with Crippen LogP contribution in [0.15, 0.2) is 76.7 Å². The predicted octanol–water partition coefficient (Wildman–Crippen LogP) is 7.24. The molecule has 0 atom stereocenters. The minimum atomic E-state index is -0.0837. The number of halogens is 1. The standard InChI is InChI=1S/C27H19ClN4O2S/c1-15-2-8-23-22(10-15)31-27(34-23)21-13-29-32-26(21)16-3-6-19(7-4-16)30-25(33)11-17-14-35-24-9-5-18(28)12-20(17)24/h2-10,12-14H,11H2,1H3,(H,29,32)(H,30,33). The molecule has 172 valence electrons. The van der Waals surface area contributed by atoms with E-state index in [1.807, 2.05) is 73.0 Å². The molecule has 3 aromatic carbocycles. The van der Waals surface area contributed by atoms with Crippen LogP contribution in [0.2, 0.25) is 5.02 Å². The van der Waals surface area contributed by atoms with Gasteiger partial charge in [0.1, 0.15) is 11.2 Å². The summed E-state index contributed by atoms with van der Waals surface area (Å²) in [6, 6.07) is 19.2. The van der Waals surface area contributed by atoms with Crippen LogP contribution in [-0.2, 0) is 11.2 Å². The Morgan fingerprint density at radius 3 is 2.83 bits per heavy atom. The smallest absolute Gasteiger partial charge is 0.231 e. The number of anilines is 1. The van der Waals surface area contributed by atoms with Crippen LogP contribution in [-0.4, -0.2) is 21.1 Å². The van der Waals surface area contributed by atoms with Gasteiger partial charge in [0.25, 0.3) is 0 Å². The van der Waals surface area contributed by atoms with E-state index >= 15 is 0 Å². The zero-order chi connectivity index (χ0) is 23.9. The molecule has 0 radical (unpaired) electrons. The number of benzene rings is 3. The number of rotatable bonds is 5. The van der Waals surface area contributed by atoms with E-state index in [0.29, 0.717) is 16.6 Å². The molecule has 6 rings (SSSR count). The average Bonchev–Trinajstić information content (AvgIpc) is 3.58. The lowest BCUT2D eigenvalue weighted by molar-refractivity contribution is -0.115. The molecule has 3 heterocycles. The zero-order valence-corrected chi connectivity index (χ0v) is 20.2. The summed E-state index contributed by atoms with van der Waals surface area (Å²) >= 11 is 7.75. The lowest BCUT2D eigenvalue weighted by Gasteiger charge is -2.06. The minimum Gasteiger partial charge on any atom is -0.436 e. The van der Waals surface area contributed by atoms with Crippen molar-refractivity contribution in [2.24, 2.45) is 0 Å². The minimum absolute atomic E-state index is 0.0837. The highest BCUT2D eigenvalue weighted by Crippen LogP contribution is 2.33. The van der Waals surface area contributed by atoms with Crippen molar-refractivity contribution in [1.29, 1.82) is 0 Å². The van der Waals surface area contributed by atoms with Crippen molar-refractivity contribution in [1.82, 2.24) is 15.2 Å². The van der Waals surface area contributed by atoms with E-state index in [1.165, 1.54) is 0 Å². The molecule has 8 heteroatoms. The first-order chi connectivity index (χ1) is 17.0. The average molecular weight is 499 g/mol. The first kappa shape index (κ1) is 21.6. The van der Waals surface area contributed by atoms with E-state index in [2.05, 4.69) is 20.5 Å². The summed E-state index contributed by atoms with van der Waals surface area (Å²) in [6.07, 6.45) is 2.06. The van der Waals surface area contributed by atoms with Gasteiger partial charge in [-0.15, -0.1) is 11.3 Å². The molecule has 0 saturated heterocycles. The molecule has 35 heavy (non-hydrogen) atoms. The van der Waals surface area contributed by atoms with Crippen molar-refractivity contribution in [3.05, 3.63) is 88.4 Å². The van der Waals surface area contributed by atoms with E-state index in [0.717, 1.165) is 49.1 Å². The first-order valence-corrected chi connectivity index (χ1v) is 12.3. The van der Waals surface area contributed by atoms with Crippen LogP contribution in [0, 0.1) is 6.92 Å². The molecule has 0 aliphatic rings. The number of thiophene rings is 1. The Kier molecular flexibility index (Phi) is 5.36. The third-order valence-corrected chi connectivity index (χ3v) is 7.07. The number of nitrogens with zero attached hydrogens (tertiary/aromatic N) is 2. The second-order valence-electron chi connectivity index (χ2n) is 8.34. The number of nitrogens with one attached hydrogen (secondary N) is 2. The molecule has 0 unspecified atom stereocenters. The lowest BCUT2D eigenvalue weighted by Crippen LogP contribution is -2.14. The van der Waals surface area contributed by atoms with Crippen LogP contribution in [0.25, 0.3) is 43.9 Å². The number of carbonyl (C=O) groups is 1. The number of H-pyrrole nitrogens is 1. The fourth-order valence-electron chi connectivity index (χ4n) is 4.11. The van der Waals surface area contributed by atoms with E-state index < -0.39 is 0 Å². The van der Waals surface area contributed by atoms with E-state index in [1.54, 1.807) is 17.5 Å². The van der Waals surface area contributed by atoms with Crippen LogP contribution in [0.1, 0.15) is 11.1 Å². The van der Waals surface area contributed by atoms with Crippen LogP contribution >= 0.6 is 22.9 Å². The summed E-state index contributed by atoms with van der Waals surface area (Å²) in [5.74, 6) is 0.425. The highest BCUT2D eigenvalue weighted by Gasteiger charge is 2.17. The molecule has 6 aromatic rings. The van der Waals surface area contributed by atoms with E-state index in [9.17, 15) is 4.79 Å². The Labute approximate surface area is 209 Å². The van der Waals surface area contributed by atoms with Crippen molar-refractivity contribution in [3.63, 3.8) is 0 Å². The van der Waals surface area contributed by atoms with Crippen LogP contribution < -0.4 is 5.32 Å². The van der Waals surface area contributed by atoms with E-state index in [-0.39, 0.29) is 12.3 Å². The number of amides is 1. The number of hydrogen-bond donors (Lipinski definition) is 2. The van der Waals surface area contributed by atoms with Gasteiger partial charge in [0.15, 0.2) is 5.58 Å². The summed E-state index contributed by atoms with van der Waals surface area (Å²) in [5.41, 5.74) is 6.74. The van der Waals surface area contributed by atoms with Gasteiger partial charge in [-0.2, -0.15) is 5.10 Å². The Morgan fingerprint density at radius 1 is 1.11 bits per heavy atom. The van der Waals surface area contributed by atoms with Gasteiger partial charge in [-0.05, 0) is 71.3 Å². The fourth-order valence-corrected chi connectivity index (χ4v) is 5.22. The van der Waals surface area contributed by atoms with Gasteiger partial charge in [0.05, 0.1) is 12.0 Å². The molecule has 0 fully saturated rings. The van der Waals surface area contributed by atoms with Gasteiger partial charge in [-0.25, -0.2) is 4.98 Å². The molecule has 0 aliphatic carbocycles. The number of aryl methyl sites for hydroxylation is 1. The number of fused-ring (bicyclic) bond motifs is 2. The Balaban J connectivity index is 1.20. The molecule has 1 amide bonds. The lowest BCUT2D eigenvalue weighted by atomic mass is 10.1. The molecule has 0 saturated carbocycles. The summed E-state index contributed by atoms with van der Waals surface area (Å²) in [6.45, 7) is 2.02. The maximum atomic E-state index is 12.7. The van der Waals surface area contributed by atoms with Crippen LogP contribution in [0.5, 0.6) is 0 Å². The number of aromatic nitrogens is 3. The number of hydrogen-bond acceptors (Lipinski definition) is 5. The summed E-state index contributed by atoms with van der Waals surface area (Å²) in [5, 5.41) is 14.0. The molecular formula is C27H19ClN4O2S. The summed E-state index contributed by atoms with van der Waals surface area (Å²) in [4.78, 5) is 17.3. The summed E-state index contributed by atoms with van der Waals surface area (Å²) < 4.78 is 7.07. The van der Waals surface area contributed by atoms with Crippen LogP contribution in [0.3, 0.4) is 0 Å². The third kappa shape index (κ3) is 4.20. The highest BCUT2D eigenvalue weighted by molar-refractivity contribution is 7.17. The second kappa shape index (κ2) is 8.69. The second-order valence-corrected chi connectivity index (χ2v) is 9.69. The van der Waals surface area contributed by atoms with E-state index in [4.69, 9.17) is 16.0 Å². The maximum absolute atomic E-state index is 12.7.